The molecule has 0 bridgehead atoms. The third-order valence-corrected chi connectivity index (χ3v) is 3.77. The van der Waals surface area contributed by atoms with E-state index in [2.05, 4.69) is 20.8 Å². The summed E-state index contributed by atoms with van der Waals surface area (Å²) in [5.41, 5.74) is 3.56. The first-order chi connectivity index (χ1) is 11.1. The lowest BCUT2D eigenvalue weighted by atomic mass is 10.1. The molecule has 0 unspecified atom stereocenters. The quantitative estimate of drug-likeness (QED) is 0.772. The van der Waals surface area contributed by atoms with Crippen LogP contribution in [-0.2, 0) is 19.5 Å². The van der Waals surface area contributed by atoms with E-state index in [1.54, 1.807) is 0 Å². The van der Waals surface area contributed by atoms with E-state index in [0.29, 0.717) is 18.8 Å². The predicted octanol–water partition coefficient (Wildman–Crippen LogP) is 2.19. The lowest BCUT2D eigenvalue weighted by Gasteiger charge is -2.13. The van der Waals surface area contributed by atoms with E-state index in [9.17, 15) is 4.79 Å². The fourth-order valence-corrected chi connectivity index (χ4v) is 2.64. The largest absolute Gasteiger partial charge is 0.491 e. The Kier molecular flexibility index (Phi) is 6.23. The van der Waals surface area contributed by atoms with Crippen LogP contribution in [0.15, 0.2) is 24.3 Å². The molecule has 130 valence electrons. The monoisotopic (exact) mass is 350 g/mol. The highest BCUT2D eigenvalue weighted by Crippen LogP contribution is 2.16. The van der Waals surface area contributed by atoms with Crippen LogP contribution in [0.2, 0.25) is 0 Å². The van der Waals surface area contributed by atoms with Gasteiger partial charge in [-0.2, -0.15) is 5.10 Å². The van der Waals surface area contributed by atoms with Gasteiger partial charge in [0.05, 0.1) is 6.10 Å². The van der Waals surface area contributed by atoms with Gasteiger partial charge in [0.2, 0.25) is 0 Å². The number of nitrogens with one attached hydrogen (secondary N) is 3. The molecule has 1 amide bonds. The Morgan fingerprint density at radius 1 is 1.33 bits per heavy atom. The van der Waals surface area contributed by atoms with Crippen molar-refractivity contribution in [2.75, 3.05) is 6.54 Å². The van der Waals surface area contributed by atoms with Gasteiger partial charge in [0.25, 0.3) is 5.91 Å². The van der Waals surface area contributed by atoms with Crippen LogP contribution in [0.3, 0.4) is 0 Å². The highest BCUT2D eigenvalue weighted by molar-refractivity contribution is 5.94. The second kappa shape index (κ2) is 8.17. The molecule has 1 aliphatic rings. The van der Waals surface area contributed by atoms with E-state index in [1.807, 2.05) is 38.1 Å². The van der Waals surface area contributed by atoms with Crippen LogP contribution in [0.1, 0.15) is 41.2 Å². The van der Waals surface area contributed by atoms with Crippen molar-refractivity contribution in [1.29, 1.82) is 0 Å². The Balaban J connectivity index is 0.00000208. The molecule has 1 aliphatic heterocycles. The average Bonchev–Trinajstić information content (AvgIpc) is 2.97. The zero-order valence-corrected chi connectivity index (χ0v) is 14.7. The third-order valence-electron chi connectivity index (χ3n) is 3.77. The number of hydrogen-bond acceptors (Lipinski definition) is 4. The molecule has 0 radical (unpaired) electrons. The number of halogens is 1. The molecule has 0 atom stereocenters. The maximum absolute atomic E-state index is 12.3. The Morgan fingerprint density at radius 3 is 2.79 bits per heavy atom. The van der Waals surface area contributed by atoms with Gasteiger partial charge in [0.15, 0.2) is 5.69 Å². The van der Waals surface area contributed by atoms with Crippen LogP contribution in [0, 0.1) is 0 Å². The number of ether oxygens (including phenoxy) is 1. The summed E-state index contributed by atoms with van der Waals surface area (Å²) in [4.78, 5) is 12.3. The highest BCUT2D eigenvalue weighted by atomic mass is 35.5. The normalized spacial score (nSPS) is 13.1. The molecule has 3 rings (SSSR count). The predicted molar refractivity (Wildman–Crippen MR) is 94.6 cm³/mol. The van der Waals surface area contributed by atoms with Gasteiger partial charge >= 0.3 is 0 Å². The zero-order chi connectivity index (χ0) is 16.2. The molecule has 2 aromatic rings. The molecule has 0 fully saturated rings. The summed E-state index contributed by atoms with van der Waals surface area (Å²) in [6.07, 6.45) is 1.03. The van der Waals surface area contributed by atoms with Crippen molar-refractivity contribution in [3.8, 4) is 5.75 Å². The number of benzene rings is 1. The molecular weight excluding hydrogens is 328 g/mol. The van der Waals surface area contributed by atoms with E-state index in [1.165, 1.54) is 0 Å². The summed E-state index contributed by atoms with van der Waals surface area (Å²) in [5, 5.41) is 13.3. The van der Waals surface area contributed by atoms with Crippen molar-refractivity contribution in [2.45, 2.75) is 39.5 Å². The summed E-state index contributed by atoms with van der Waals surface area (Å²) in [5.74, 6) is 0.691. The standard InChI is InChI=1S/C17H22N4O2.ClH/c1-11(2)23-13-5-3-12(4-6-13)9-19-17(22)16-14-10-18-8-7-15(14)20-21-16;/h3-6,11,18H,7-10H2,1-2H3,(H,19,22)(H,20,21);1H. The molecule has 0 aliphatic carbocycles. The fraction of sp³-hybridized carbons (Fsp3) is 0.412. The number of amides is 1. The number of fused-ring (bicyclic) bond motifs is 1. The molecular formula is C17H23ClN4O2. The van der Waals surface area contributed by atoms with Gasteiger partial charge in [-0.1, -0.05) is 12.1 Å². The third kappa shape index (κ3) is 4.27. The van der Waals surface area contributed by atoms with Crippen LogP contribution >= 0.6 is 12.4 Å². The van der Waals surface area contributed by atoms with Gasteiger partial charge in [0, 0.05) is 37.3 Å². The number of nitrogens with zero attached hydrogens (tertiary/aromatic N) is 1. The van der Waals surface area contributed by atoms with Crippen LogP contribution in [0.4, 0.5) is 0 Å². The Hall–Kier alpha value is -2.05. The van der Waals surface area contributed by atoms with Gasteiger partial charge in [-0.25, -0.2) is 0 Å². The van der Waals surface area contributed by atoms with Crippen LogP contribution < -0.4 is 15.4 Å². The van der Waals surface area contributed by atoms with E-state index < -0.39 is 0 Å². The van der Waals surface area contributed by atoms with Gasteiger partial charge in [-0.05, 0) is 31.5 Å². The Bertz CT molecular complexity index is 682. The summed E-state index contributed by atoms with van der Waals surface area (Å²) in [6.45, 7) is 6.06. The van der Waals surface area contributed by atoms with Gasteiger partial charge in [0.1, 0.15) is 5.75 Å². The number of rotatable bonds is 5. The molecule has 0 spiro atoms. The van der Waals surface area contributed by atoms with E-state index >= 15 is 0 Å². The second-order valence-corrected chi connectivity index (χ2v) is 5.95. The number of aromatic amines is 1. The topological polar surface area (TPSA) is 79.0 Å². The number of carbonyl (C=O) groups excluding carboxylic acids is 1. The SMILES string of the molecule is CC(C)Oc1ccc(CNC(=O)c2n[nH]c3c2CNCC3)cc1.Cl. The van der Waals surface area contributed by atoms with Gasteiger partial charge < -0.3 is 15.4 Å². The zero-order valence-electron chi connectivity index (χ0n) is 13.9. The lowest BCUT2D eigenvalue weighted by molar-refractivity contribution is 0.0944. The number of H-pyrrole nitrogens is 1. The molecule has 6 nitrogen and oxygen atoms in total. The summed E-state index contributed by atoms with van der Waals surface area (Å²) >= 11 is 0. The van der Waals surface area contributed by atoms with E-state index in [4.69, 9.17) is 4.74 Å². The molecule has 0 saturated heterocycles. The summed E-state index contributed by atoms with van der Waals surface area (Å²) in [7, 11) is 0. The van der Waals surface area contributed by atoms with Crippen LogP contribution in [0.25, 0.3) is 0 Å². The first-order valence-corrected chi connectivity index (χ1v) is 7.94. The fourth-order valence-electron chi connectivity index (χ4n) is 2.64. The van der Waals surface area contributed by atoms with Crippen LogP contribution in [-0.4, -0.2) is 28.8 Å². The van der Waals surface area contributed by atoms with Gasteiger partial charge in [-0.3, -0.25) is 9.89 Å². The minimum atomic E-state index is -0.145. The molecule has 3 N–H and O–H groups in total. The molecule has 1 aromatic carbocycles. The Morgan fingerprint density at radius 2 is 2.08 bits per heavy atom. The first kappa shape index (κ1) is 18.3. The van der Waals surface area contributed by atoms with Crippen molar-refractivity contribution in [1.82, 2.24) is 20.8 Å². The van der Waals surface area contributed by atoms with Gasteiger partial charge in [-0.15, -0.1) is 12.4 Å². The van der Waals surface area contributed by atoms with E-state index in [0.717, 1.165) is 35.5 Å². The van der Waals surface area contributed by atoms with Crippen LogP contribution in [0.5, 0.6) is 5.75 Å². The van der Waals surface area contributed by atoms with Crippen molar-refractivity contribution < 1.29 is 9.53 Å². The number of hydrogen-bond donors (Lipinski definition) is 3. The van der Waals surface area contributed by atoms with Crippen molar-refractivity contribution in [2.24, 2.45) is 0 Å². The summed E-state index contributed by atoms with van der Waals surface area (Å²) in [6, 6.07) is 7.75. The smallest absolute Gasteiger partial charge is 0.272 e. The van der Waals surface area contributed by atoms with E-state index in [-0.39, 0.29) is 24.4 Å². The molecule has 24 heavy (non-hydrogen) atoms. The number of aromatic nitrogens is 2. The molecule has 2 heterocycles. The number of carbonyl (C=O) groups is 1. The highest BCUT2D eigenvalue weighted by Gasteiger charge is 2.21. The Labute approximate surface area is 147 Å². The van der Waals surface area contributed by atoms with Crippen molar-refractivity contribution in [3.63, 3.8) is 0 Å². The maximum Gasteiger partial charge on any atom is 0.272 e. The lowest BCUT2D eigenvalue weighted by Crippen LogP contribution is -2.28. The first-order valence-electron chi connectivity index (χ1n) is 7.94. The average molecular weight is 351 g/mol. The molecule has 0 saturated carbocycles. The van der Waals surface area contributed by atoms with Crippen molar-refractivity contribution >= 4 is 18.3 Å². The summed E-state index contributed by atoms with van der Waals surface area (Å²) < 4.78 is 5.61. The molecule has 7 heteroatoms. The minimum absolute atomic E-state index is 0. The minimum Gasteiger partial charge on any atom is -0.491 e. The maximum atomic E-state index is 12.3. The molecule has 1 aromatic heterocycles. The van der Waals surface area contributed by atoms with Crippen molar-refractivity contribution in [3.05, 3.63) is 46.8 Å². The second-order valence-electron chi connectivity index (χ2n) is 5.95.